The van der Waals surface area contributed by atoms with Gasteiger partial charge in [-0.3, -0.25) is 4.52 Å². The number of rotatable bonds is 2. The molecule has 0 heterocycles. The van der Waals surface area contributed by atoms with Crippen LogP contribution in [-0.2, 0) is 4.57 Å². The summed E-state index contributed by atoms with van der Waals surface area (Å²) in [6.45, 7) is 0. The summed E-state index contributed by atoms with van der Waals surface area (Å²) in [6.07, 6.45) is 0. The summed E-state index contributed by atoms with van der Waals surface area (Å²) in [5.74, 6) is 0.346. The van der Waals surface area contributed by atoms with E-state index in [2.05, 4.69) is 4.52 Å². The van der Waals surface area contributed by atoms with E-state index in [0.717, 1.165) is 0 Å². The van der Waals surface area contributed by atoms with Gasteiger partial charge < -0.3 is 17.3 Å². The van der Waals surface area contributed by atoms with Gasteiger partial charge in [0.25, 0.3) is 0 Å². The molecule has 0 fully saturated rings. The Morgan fingerprint density at radius 1 is 1.14 bits per heavy atom. The topological polar surface area (TPSA) is 49.4 Å². The molecule has 3 nitrogen and oxygen atoms in total. The average Bonchev–Trinajstić information content (AvgIpc) is 1.88. The van der Waals surface area contributed by atoms with Crippen molar-refractivity contribution in [1.82, 2.24) is 0 Å². The number of para-hydroxylation sites is 1. The van der Waals surface area contributed by atoms with Gasteiger partial charge in [0.15, 0.2) is 5.75 Å². The van der Waals surface area contributed by atoms with E-state index in [9.17, 15) is 9.46 Å². The molecule has 0 N–H and O–H groups in total. The van der Waals surface area contributed by atoms with Crippen molar-refractivity contribution < 1.29 is 85.5 Å². The molecule has 0 aliphatic heterocycles. The Morgan fingerprint density at radius 2 is 1.57 bits per heavy atom. The van der Waals surface area contributed by atoms with Crippen molar-refractivity contribution in [1.29, 1.82) is 0 Å². The summed E-state index contributed by atoms with van der Waals surface area (Å²) >= 11 is 0. The van der Waals surface area contributed by atoms with Gasteiger partial charge in [0.05, 0.1) is 0 Å². The average molecular weight is 375 g/mol. The van der Waals surface area contributed by atoms with Gasteiger partial charge in [-0.15, -0.1) is 0 Å². The summed E-state index contributed by atoms with van der Waals surface area (Å²) in [7, 11) is -2.78. The molecule has 1 aromatic carbocycles. The fourth-order valence-electron chi connectivity index (χ4n) is 0.567. The van der Waals surface area contributed by atoms with Gasteiger partial charge in [0, 0.05) is 0 Å². The Labute approximate surface area is 175 Å². The molecule has 1 unspecified atom stereocenters. The first-order valence-electron chi connectivity index (χ1n) is 2.66. The standard InChI is InChI=1S/C6H5O3P.Ba.ClH.2Na/c7-10(8)9-6-4-2-1-3-5-6;;;;/h1-5H;;1H;;/q;+2;;2*+1/p-1. The Balaban J connectivity index is -0.000000125. The molecule has 8 heteroatoms. The second-order valence-corrected chi connectivity index (χ2v) is 2.26. The summed E-state index contributed by atoms with van der Waals surface area (Å²) < 4.78 is 14.4. The molecule has 0 aromatic heterocycles. The number of hydrogen-bond donors (Lipinski definition) is 0. The van der Waals surface area contributed by atoms with Crippen LogP contribution >= 0.6 is 8.25 Å². The maximum Gasteiger partial charge on any atom is 2.00 e. The molecule has 0 bridgehead atoms. The number of halogens is 1. The molecular formula is C6H5BaClNa2O3P+3. The summed E-state index contributed by atoms with van der Waals surface area (Å²) in [4.78, 5) is 9.98. The predicted octanol–water partition coefficient (Wildman–Crippen LogP) is -8.29. The van der Waals surface area contributed by atoms with Crippen LogP contribution in [-0.4, -0.2) is 48.9 Å². The number of benzene rings is 1. The van der Waals surface area contributed by atoms with Crippen LogP contribution in [0.3, 0.4) is 0 Å². The van der Waals surface area contributed by atoms with E-state index in [1.165, 1.54) is 0 Å². The molecule has 0 radical (unpaired) electrons. The number of hydrogen-bond acceptors (Lipinski definition) is 3. The Bertz CT molecular complexity index is 240. The van der Waals surface area contributed by atoms with Gasteiger partial charge in [-0.05, 0) is 16.7 Å². The normalized spacial score (nSPS) is 7.64. The van der Waals surface area contributed by atoms with Gasteiger partial charge in [-0.2, -0.15) is 0 Å². The summed E-state index contributed by atoms with van der Waals surface area (Å²) in [6, 6.07) is 8.34. The minimum Gasteiger partial charge on any atom is -1.00 e. The van der Waals surface area contributed by atoms with Gasteiger partial charge in [-0.1, -0.05) is 18.2 Å². The molecule has 0 spiro atoms. The fraction of sp³-hybridized carbons (Fsp3) is 0. The molecule has 0 amide bonds. The zero-order valence-corrected chi connectivity index (χ0v) is 18.2. The third-order valence-corrected chi connectivity index (χ3v) is 1.28. The van der Waals surface area contributed by atoms with E-state index in [-0.39, 0.29) is 120 Å². The zero-order chi connectivity index (χ0) is 7.40. The Morgan fingerprint density at radius 3 is 1.93 bits per heavy atom. The van der Waals surface area contributed by atoms with Crippen LogP contribution in [0.1, 0.15) is 0 Å². The van der Waals surface area contributed by atoms with E-state index in [1.807, 2.05) is 0 Å². The molecule has 0 aliphatic rings. The van der Waals surface area contributed by atoms with E-state index in [1.54, 1.807) is 30.3 Å². The summed E-state index contributed by atoms with van der Waals surface area (Å²) in [5.41, 5.74) is 0. The summed E-state index contributed by atoms with van der Waals surface area (Å²) in [5, 5.41) is 0. The van der Waals surface area contributed by atoms with Crippen LogP contribution in [0.2, 0.25) is 0 Å². The zero-order valence-electron chi connectivity index (χ0n) is 8.14. The van der Waals surface area contributed by atoms with Crippen molar-refractivity contribution in [3.63, 3.8) is 0 Å². The van der Waals surface area contributed by atoms with Crippen molar-refractivity contribution in [2.75, 3.05) is 0 Å². The van der Waals surface area contributed by atoms with Crippen LogP contribution in [0.4, 0.5) is 0 Å². The van der Waals surface area contributed by atoms with Gasteiger partial charge in [0.1, 0.15) is 0 Å². The third-order valence-electron chi connectivity index (χ3n) is 0.923. The minimum absolute atomic E-state index is 0. The van der Waals surface area contributed by atoms with Crippen LogP contribution in [0.25, 0.3) is 0 Å². The Hall–Kier alpha value is 2.94. The van der Waals surface area contributed by atoms with Crippen molar-refractivity contribution >= 4 is 57.1 Å². The van der Waals surface area contributed by atoms with Gasteiger partial charge in [0.2, 0.25) is 0 Å². The molecule has 0 saturated heterocycles. The molecule has 1 rings (SSSR count). The molecule has 1 aromatic rings. The second kappa shape index (κ2) is 15.9. The Kier molecular flexibility index (Phi) is 29.3. The first-order valence-corrected chi connectivity index (χ1v) is 3.76. The third kappa shape index (κ3) is 13.0. The van der Waals surface area contributed by atoms with Crippen LogP contribution in [0.15, 0.2) is 30.3 Å². The van der Waals surface area contributed by atoms with Crippen LogP contribution < -0.4 is 80.9 Å². The first-order chi connectivity index (χ1) is 4.79. The quantitative estimate of drug-likeness (QED) is 0.382. The first kappa shape index (κ1) is 25.7. The molecule has 14 heavy (non-hydrogen) atoms. The van der Waals surface area contributed by atoms with Crippen molar-refractivity contribution in [3.05, 3.63) is 30.3 Å². The van der Waals surface area contributed by atoms with Gasteiger partial charge in [-0.25, -0.2) is 0 Å². The fourth-order valence-corrected chi connectivity index (χ4v) is 0.861. The minimum atomic E-state index is -2.78. The molecule has 1 atom stereocenters. The maximum atomic E-state index is 9.98. The molecule has 0 saturated carbocycles. The smallest absolute Gasteiger partial charge is 1.00 e. The second-order valence-electron chi connectivity index (χ2n) is 1.63. The van der Waals surface area contributed by atoms with Crippen molar-refractivity contribution in [2.45, 2.75) is 0 Å². The van der Waals surface area contributed by atoms with Crippen LogP contribution in [0, 0.1) is 0 Å². The van der Waals surface area contributed by atoms with Crippen molar-refractivity contribution in [2.24, 2.45) is 0 Å². The van der Waals surface area contributed by atoms with Crippen molar-refractivity contribution in [3.8, 4) is 5.75 Å². The van der Waals surface area contributed by atoms with Gasteiger partial charge >= 0.3 is 116 Å². The monoisotopic (exact) mass is 375 g/mol. The molecule has 60 valence electrons. The largest absolute Gasteiger partial charge is 2.00 e. The van der Waals surface area contributed by atoms with E-state index in [0.29, 0.717) is 5.75 Å². The van der Waals surface area contributed by atoms with Crippen LogP contribution in [0.5, 0.6) is 5.75 Å². The molecule has 0 aliphatic carbocycles. The van der Waals surface area contributed by atoms with E-state index < -0.39 is 8.25 Å². The predicted molar refractivity (Wildman–Crippen MR) is 40.4 cm³/mol. The van der Waals surface area contributed by atoms with E-state index >= 15 is 0 Å². The SMILES string of the molecule is O=[P+]([O-])Oc1ccccc1.[Ba+2].[Cl-].[Na+].[Na+]. The maximum absolute atomic E-state index is 9.98. The van der Waals surface area contributed by atoms with E-state index in [4.69, 9.17) is 0 Å². The molecular weight excluding hydrogens is 370 g/mol.